The summed E-state index contributed by atoms with van der Waals surface area (Å²) in [6.45, 7) is 10.1. The van der Waals surface area contributed by atoms with Crippen molar-refractivity contribution < 1.29 is 4.79 Å². The number of aryl methyl sites for hydroxylation is 2. The van der Waals surface area contributed by atoms with Crippen LogP contribution in [0.1, 0.15) is 37.1 Å². The van der Waals surface area contributed by atoms with Crippen molar-refractivity contribution in [2.45, 2.75) is 57.5 Å². The molecule has 3 rings (SSSR count). The van der Waals surface area contributed by atoms with Crippen LogP contribution in [-0.2, 0) is 11.3 Å². The van der Waals surface area contributed by atoms with Crippen molar-refractivity contribution in [1.29, 1.82) is 0 Å². The number of thiophene rings is 1. The Hall–Kier alpha value is -1.34. The van der Waals surface area contributed by atoms with Gasteiger partial charge in [-0.25, -0.2) is 4.98 Å². The van der Waals surface area contributed by atoms with Crippen molar-refractivity contribution in [3.63, 3.8) is 0 Å². The summed E-state index contributed by atoms with van der Waals surface area (Å²) in [7, 11) is 0. The van der Waals surface area contributed by atoms with E-state index in [0.29, 0.717) is 11.7 Å². The number of thioether (sulfide) groups is 1. The molecular formula is C17H23N3O2S2. The van der Waals surface area contributed by atoms with E-state index in [2.05, 4.69) is 0 Å². The maximum atomic E-state index is 12.8. The van der Waals surface area contributed by atoms with Gasteiger partial charge in [0.15, 0.2) is 5.16 Å². The summed E-state index contributed by atoms with van der Waals surface area (Å²) in [4.78, 5) is 33.9. The van der Waals surface area contributed by atoms with Crippen molar-refractivity contribution in [2.24, 2.45) is 0 Å². The molecule has 130 valence electrons. The molecule has 1 fully saturated rings. The fourth-order valence-electron chi connectivity index (χ4n) is 3.08. The molecule has 5 nitrogen and oxygen atoms in total. The van der Waals surface area contributed by atoms with Gasteiger partial charge in [0, 0.05) is 24.5 Å². The molecule has 0 N–H and O–H groups in total. The average molecular weight is 366 g/mol. The maximum Gasteiger partial charge on any atom is 0.263 e. The number of carbonyl (C=O) groups excluding carboxylic acids is 1. The van der Waals surface area contributed by atoms with Crippen molar-refractivity contribution >= 4 is 39.2 Å². The molecule has 2 aromatic heterocycles. The number of rotatable bonds is 4. The highest BCUT2D eigenvalue weighted by molar-refractivity contribution is 8.00. The Morgan fingerprint density at radius 3 is 2.62 bits per heavy atom. The van der Waals surface area contributed by atoms with Gasteiger partial charge < -0.3 is 4.90 Å². The van der Waals surface area contributed by atoms with Crippen LogP contribution >= 0.6 is 23.1 Å². The third kappa shape index (κ3) is 2.99. The van der Waals surface area contributed by atoms with Gasteiger partial charge in [-0.1, -0.05) is 11.8 Å². The Morgan fingerprint density at radius 1 is 1.33 bits per heavy atom. The Labute approximate surface area is 150 Å². The second kappa shape index (κ2) is 6.88. The Morgan fingerprint density at radius 2 is 2.00 bits per heavy atom. The topological polar surface area (TPSA) is 55.2 Å². The van der Waals surface area contributed by atoms with Crippen LogP contribution in [0.2, 0.25) is 0 Å². The zero-order chi connectivity index (χ0) is 17.4. The monoisotopic (exact) mass is 365 g/mol. The number of aromatic nitrogens is 2. The molecule has 3 heterocycles. The van der Waals surface area contributed by atoms with Crippen LogP contribution in [0.25, 0.3) is 10.2 Å². The lowest BCUT2D eigenvalue weighted by Crippen LogP contribution is -2.34. The third-order valence-electron chi connectivity index (χ3n) is 4.62. The van der Waals surface area contributed by atoms with Gasteiger partial charge in [0.25, 0.3) is 5.56 Å². The van der Waals surface area contributed by atoms with Crippen molar-refractivity contribution in [1.82, 2.24) is 14.5 Å². The minimum absolute atomic E-state index is 0.00710. The van der Waals surface area contributed by atoms with E-state index < -0.39 is 0 Å². The zero-order valence-corrected chi connectivity index (χ0v) is 16.2. The Kier molecular flexibility index (Phi) is 5.01. The number of nitrogens with zero attached hydrogens (tertiary/aromatic N) is 3. The fourth-order valence-corrected chi connectivity index (χ4v) is 5.21. The molecule has 0 bridgehead atoms. The lowest BCUT2D eigenvalue weighted by atomic mass is 10.2. The molecule has 7 heteroatoms. The molecular weight excluding hydrogens is 342 g/mol. The van der Waals surface area contributed by atoms with E-state index in [0.717, 1.165) is 46.6 Å². The first kappa shape index (κ1) is 17.5. The zero-order valence-electron chi connectivity index (χ0n) is 14.6. The van der Waals surface area contributed by atoms with Gasteiger partial charge in [-0.3, -0.25) is 14.2 Å². The van der Waals surface area contributed by atoms with E-state index in [4.69, 9.17) is 4.98 Å². The standard InChI is InChI=1S/C17H23N3O2S2/c1-5-20-16(22)13-10(2)11(3)23-14(13)18-17(20)24-12(4)15(21)19-8-6-7-9-19/h12H,5-9H2,1-4H3/t12-/m1/s1. The highest BCUT2D eigenvalue weighted by atomic mass is 32.2. The quantitative estimate of drug-likeness (QED) is 0.617. The van der Waals surface area contributed by atoms with Gasteiger partial charge in [-0.15, -0.1) is 11.3 Å². The lowest BCUT2D eigenvalue weighted by molar-refractivity contribution is -0.129. The molecule has 0 radical (unpaired) electrons. The molecule has 0 saturated carbocycles. The van der Waals surface area contributed by atoms with Crippen molar-refractivity contribution in [3.8, 4) is 0 Å². The fraction of sp³-hybridized carbons (Fsp3) is 0.588. The second-order valence-electron chi connectivity index (χ2n) is 6.20. The maximum absolute atomic E-state index is 12.8. The van der Waals surface area contributed by atoms with Gasteiger partial charge in [0.1, 0.15) is 4.83 Å². The molecule has 1 aliphatic heterocycles. The summed E-state index contributed by atoms with van der Waals surface area (Å²) in [5.41, 5.74) is 1.03. The number of carbonyl (C=O) groups is 1. The molecule has 0 spiro atoms. The highest BCUT2D eigenvalue weighted by Crippen LogP contribution is 2.30. The predicted octanol–water partition coefficient (Wildman–Crippen LogP) is 3.20. The summed E-state index contributed by atoms with van der Waals surface area (Å²) >= 11 is 2.96. The summed E-state index contributed by atoms with van der Waals surface area (Å²) in [6.07, 6.45) is 2.17. The second-order valence-corrected chi connectivity index (χ2v) is 8.71. The normalized spacial score (nSPS) is 16.1. The van der Waals surface area contributed by atoms with Gasteiger partial charge in [-0.05, 0) is 46.1 Å². The Bertz CT molecular complexity index is 834. The summed E-state index contributed by atoms with van der Waals surface area (Å²) in [6, 6.07) is 0. The molecule has 0 aliphatic carbocycles. The van der Waals surface area contributed by atoms with E-state index in [1.165, 1.54) is 11.8 Å². The minimum Gasteiger partial charge on any atom is -0.342 e. The van der Waals surface area contributed by atoms with Gasteiger partial charge in [0.05, 0.1) is 10.6 Å². The molecule has 24 heavy (non-hydrogen) atoms. The van der Waals surface area contributed by atoms with E-state index in [9.17, 15) is 9.59 Å². The first-order valence-electron chi connectivity index (χ1n) is 8.40. The van der Waals surface area contributed by atoms with E-state index in [-0.39, 0.29) is 16.7 Å². The molecule has 1 atom stereocenters. The van der Waals surface area contributed by atoms with E-state index in [1.54, 1.807) is 15.9 Å². The number of likely N-dealkylation sites (tertiary alicyclic amines) is 1. The number of amides is 1. The average Bonchev–Trinajstić information content (AvgIpc) is 3.16. The summed E-state index contributed by atoms with van der Waals surface area (Å²) in [5.74, 6) is 0.146. The molecule has 0 unspecified atom stereocenters. The minimum atomic E-state index is -0.229. The van der Waals surface area contributed by atoms with Crippen LogP contribution in [0.5, 0.6) is 0 Å². The van der Waals surface area contributed by atoms with Gasteiger partial charge in [0.2, 0.25) is 5.91 Å². The third-order valence-corrected chi connectivity index (χ3v) is 6.80. The largest absolute Gasteiger partial charge is 0.342 e. The van der Waals surface area contributed by atoms with E-state index in [1.807, 2.05) is 32.6 Å². The van der Waals surface area contributed by atoms with Crippen LogP contribution in [0.15, 0.2) is 9.95 Å². The first-order valence-corrected chi connectivity index (χ1v) is 10.1. The van der Waals surface area contributed by atoms with Crippen LogP contribution in [0.4, 0.5) is 0 Å². The SMILES string of the molecule is CCn1c(S[C@H](C)C(=O)N2CCCC2)nc2sc(C)c(C)c2c1=O. The molecule has 1 amide bonds. The van der Waals surface area contributed by atoms with Crippen LogP contribution in [0, 0.1) is 13.8 Å². The predicted molar refractivity (Wildman–Crippen MR) is 100 cm³/mol. The van der Waals surface area contributed by atoms with Crippen molar-refractivity contribution in [2.75, 3.05) is 13.1 Å². The number of fused-ring (bicyclic) bond motifs is 1. The Balaban J connectivity index is 1.96. The van der Waals surface area contributed by atoms with Crippen LogP contribution < -0.4 is 5.56 Å². The first-order chi connectivity index (χ1) is 11.4. The summed E-state index contributed by atoms with van der Waals surface area (Å²) < 4.78 is 1.69. The van der Waals surface area contributed by atoms with Gasteiger partial charge in [-0.2, -0.15) is 0 Å². The lowest BCUT2D eigenvalue weighted by Gasteiger charge is -2.20. The molecule has 2 aromatic rings. The number of hydrogen-bond acceptors (Lipinski definition) is 5. The summed E-state index contributed by atoms with van der Waals surface area (Å²) in [5, 5.41) is 1.14. The van der Waals surface area contributed by atoms with Crippen LogP contribution in [0.3, 0.4) is 0 Å². The number of hydrogen-bond donors (Lipinski definition) is 0. The molecule has 0 aromatic carbocycles. The molecule has 1 aliphatic rings. The van der Waals surface area contributed by atoms with Crippen molar-refractivity contribution in [3.05, 3.63) is 20.8 Å². The molecule has 1 saturated heterocycles. The van der Waals surface area contributed by atoms with Crippen LogP contribution in [-0.4, -0.2) is 38.7 Å². The van der Waals surface area contributed by atoms with E-state index >= 15 is 0 Å². The smallest absolute Gasteiger partial charge is 0.263 e. The highest BCUT2D eigenvalue weighted by Gasteiger charge is 2.26. The van der Waals surface area contributed by atoms with Gasteiger partial charge >= 0.3 is 0 Å².